The molecular weight excluding hydrogens is 382 g/mol. The highest BCUT2D eigenvalue weighted by atomic mass is 16.5. The van der Waals surface area contributed by atoms with Crippen molar-refractivity contribution in [3.63, 3.8) is 0 Å². The molecule has 1 heterocycles. The van der Waals surface area contributed by atoms with E-state index in [0.29, 0.717) is 18.1 Å². The van der Waals surface area contributed by atoms with E-state index in [0.717, 1.165) is 11.1 Å². The fourth-order valence-corrected chi connectivity index (χ4v) is 2.94. The van der Waals surface area contributed by atoms with E-state index in [1.165, 1.54) is 0 Å². The summed E-state index contributed by atoms with van der Waals surface area (Å²) < 4.78 is 10.5. The molecule has 7 heteroatoms. The molecule has 0 saturated carbocycles. The quantitative estimate of drug-likeness (QED) is 0.597. The smallest absolute Gasteiger partial charge is 0.274 e. The van der Waals surface area contributed by atoms with Crippen LogP contribution in [0.2, 0.25) is 0 Å². The average molecular weight is 407 g/mol. The van der Waals surface area contributed by atoms with Gasteiger partial charge in [-0.3, -0.25) is 9.59 Å². The van der Waals surface area contributed by atoms with Crippen molar-refractivity contribution in [2.45, 2.75) is 26.4 Å². The molecule has 1 atom stereocenters. The second kappa shape index (κ2) is 9.73. The maximum atomic E-state index is 12.7. The standard InChI is InChI=1S/C23H25N3O4/c1-15(2)21(23(28)24-14-16-8-5-4-6-9-16)25-22(27)19-13-20(30-26-19)17-10-7-11-18(12-17)29-3/h4-13,15,21H,14H2,1-3H3,(H,24,28)(H,25,27)/t21-/m1/s1. The number of aromatic nitrogens is 1. The minimum absolute atomic E-state index is 0.102. The molecule has 0 unspecified atom stereocenters. The number of carbonyl (C=O) groups excluding carboxylic acids is 2. The van der Waals surface area contributed by atoms with Gasteiger partial charge >= 0.3 is 0 Å². The Labute approximate surface area is 175 Å². The maximum absolute atomic E-state index is 12.7. The highest BCUT2D eigenvalue weighted by Crippen LogP contribution is 2.24. The van der Waals surface area contributed by atoms with Crippen LogP contribution in [0.3, 0.4) is 0 Å². The van der Waals surface area contributed by atoms with Crippen molar-refractivity contribution < 1.29 is 18.8 Å². The van der Waals surface area contributed by atoms with E-state index in [2.05, 4.69) is 15.8 Å². The summed E-state index contributed by atoms with van der Waals surface area (Å²) in [5.41, 5.74) is 1.83. The molecule has 156 valence electrons. The van der Waals surface area contributed by atoms with Crippen LogP contribution in [0.1, 0.15) is 29.9 Å². The lowest BCUT2D eigenvalue weighted by molar-refractivity contribution is -0.124. The van der Waals surface area contributed by atoms with Gasteiger partial charge in [-0.2, -0.15) is 0 Å². The Bertz CT molecular complexity index is 998. The molecular formula is C23H25N3O4. The number of amides is 2. The summed E-state index contributed by atoms with van der Waals surface area (Å²) in [6.45, 7) is 4.14. The summed E-state index contributed by atoms with van der Waals surface area (Å²) in [7, 11) is 1.58. The summed E-state index contributed by atoms with van der Waals surface area (Å²) in [6.07, 6.45) is 0. The van der Waals surface area contributed by atoms with Crippen molar-refractivity contribution in [2.75, 3.05) is 7.11 Å². The minimum atomic E-state index is -0.696. The summed E-state index contributed by atoms with van der Waals surface area (Å²) in [6, 6.07) is 17.7. The zero-order valence-electron chi connectivity index (χ0n) is 17.2. The monoisotopic (exact) mass is 407 g/mol. The third-order valence-corrected chi connectivity index (χ3v) is 4.64. The number of nitrogens with one attached hydrogen (secondary N) is 2. The normalized spacial score (nSPS) is 11.7. The summed E-state index contributed by atoms with van der Waals surface area (Å²) in [5, 5.41) is 9.48. The Morgan fingerprint density at radius 1 is 1.07 bits per heavy atom. The molecule has 0 spiro atoms. The number of hydrogen-bond acceptors (Lipinski definition) is 5. The number of ether oxygens (including phenoxy) is 1. The van der Waals surface area contributed by atoms with Crippen LogP contribution in [0, 0.1) is 5.92 Å². The highest BCUT2D eigenvalue weighted by Gasteiger charge is 2.26. The van der Waals surface area contributed by atoms with E-state index in [-0.39, 0.29) is 17.5 Å². The van der Waals surface area contributed by atoms with Gasteiger partial charge in [-0.1, -0.05) is 61.5 Å². The van der Waals surface area contributed by atoms with Gasteiger partial charge in [-0.25, -0.2) is 0 Å². The van der Waals surface area contributed by atoms with Gasteiger partial charge in [-0.15, -0.1) is 0 Å². The van der Waals surface area contributed by atoms with Crippen molar-refractivity contribution >= 4 is 11.8 Å². The van der Waals surface area contributed by atoms with Crippen molar-refractivity contribution in [3.05, 3.63) is 71.9 Å². The first-order valence-electron chi connectivity index (χ1n) is 9.71. The Morgan fingerprint density at radius 2 is 1.83 bits per heavy atom. The van der Waals surface area contributed by atoms with E-state index in [1.54, 1.807) is 19.2 Å². The van der Waals surface area contributed by atoms with E-state index in [4.69, 9.17) is 9.26 Å². The number of methoxy groups -OCH3 is 1. The van der Waals surface area contributed by atoms with Crippen LogP contribution in [0.25, 0.3) is 11.3 Å². The van der Waals surface area contributed by atoms with Crippen molar-refractivity contribution in [1.82, 2.24) is 15.8 Å². The molecule has 2 amide bonds. The molecule has 2 N–H and O–H groups in total. The van der Waals surface area contributed by atoms with E-state index >= 15 is 0 Å². The SMILES string of the molecule is COc1cccc(-c2cc(C(=O)N[C@@H](C(=O)NCc3ccccc3)C(C)C)no2)c1. The number of carbonyl (C=O) groups is 2. The van der Waals surface area contributed by atoms with Crippen LogP contribution < -0.4 is 15.4 Å². The van der Waals surface area contributed by atoms with Gasteiger partial charge in [-0.05, 0) is 23.6 Å². The van der Waals surface area contributed by atoms with E-state index in [1.807, 2.05) is 62.4 Å². The van der Waals surface area contributed by atoms with Gasteiger partial charge in [0.15, 0.2) is 11.5 Å². The lowest BCUT2D eigenvalue weighted by atomic mass is 10.0. The topological polar surface area (TPSA) is 93.5 Å². The molecule has 0 bridgehead atoms. The molecule has 30 heavy (non-hydrogen) atoms. The number of hydrogen-bond donors (Lipinski definition) is 2. The third-order valence-electron chi connectivity index (χ3n) is 4.64. The minimum Gasteiger partial charge on any atom is -0.497 e. The van der Waals surface area contributed by atoms with Crippen LogP contribution in [-0.4, -0.2) is 30.1 Å². The molecule has 0 radical (unpaired) electrons. The van der Waals surface area contributed by atoms with Crippen LogP contribution in [0.5, 0.6) is 5.75 Å². The lowest BCUT2D eigenvalue weighted by Gasteiger charge is -2.21. The van der Waals surface area contributed by atoms with Gasteiger partial charge < -0.3 is 19.9 Å². The number of nitrogens with zero attached hydrogens (tertiary/aromatic N) is 1. The van der Waals surface area contributed by atoms with Gasteiger partial charge in [0.1, 0.15) is 11.8 Å². The molecule has 0 saturated heterocycles. The molecule has 3 rings (SSSR count). The fourth-order valence-electron chi connectivity index (χ4n) is 2.94. The number of rotatable bonds is 8. The van der Waals surface area contributed by atoms with Gasteiger partial charge in [0.05, 0.1) is 7.11 Å². The second-order valence-electron chi connectivity index (χ2n) is 7.21. The average Bonchev–Trinajstić information content (AvgIpc) is 3.27. The first kappa shape index (κ1) is 21.1. The highest BCUT2D eigenvalue weighted by molar-refractivity contribution is 5.96. The molecule has 0 fully saturated rings. The van der Waals surface area contributed by atoms with Gasteiger partial charge in [0.25, 0.3) is 5.91 Å². The molecule has 0 aliphatic carbocycles. The van der Waals surface area contributed by atoms with Crippen LogP contribution in [0.4, 0.5) is 0 Å². The Morgan fingerprint density at radius 3 is 2.53 bits per heavy atom. The van der Waals surface area contributed by atoms with Crippen molar-refractivity contribution in [2.24, 2.45) is 5.92 Å². The van der Waals surface area contributed by atoms with E-state index in [9.17, 15) is 9.59 Å². The Hall–Kier alpha value is -3.61. The van der Waals surface area contributed by atoms with Crippen LogP contribution >= 0.6 is 0 Å². The summed E-state index contributed by atoms with van der Waals surface area (Å²) in [4.78, 5) is 25.3. The van der Waals surface area contributed by atoms with Crippen LogP contribution in [-0.2, 0) is 11.3 Å². The third kappa shape index (κ3) is 5.26. The zero-order valence-corrected chi connectivity index (χ0v) is 17.2. The van der Waals surface area contributed by atoms with Crippen LogP contribution in [0.15, 0.2) is 65.2 Å². The lowest BCUT2D eigenvalue weighted by Crippen LogP contribution is -2.49. The Kier molecular flexibility index (Phi) is 6.85. The summed E-state index contributed by atoms with van der Waals surface area (Å²) in [5.74, 6) is 0.285. The van der Waals surface area contributed by atoms with Gasteiger partial charge in [0, 0.05) is 18.2 Å². The maximum Gasteiger partial charge on any atom is 0.274 e. The Balaban J connectivity index is 1.66. The molecule has 0 aliphatic rings. The van der Waals surface area contributed by atoms with E-state index < -0.39 is 11.9 Å². The molecule has 1 aromatic heterocycles. The van der Waals surface area contributed by atoms with Crippen molar-refractivity contribution in [3.8, 4) is 17.1 Å². The largest absolute Gasteiger partial charge is 0.497 e. The number of benzene rings is 2. The molecule has 0 aliphatic heterocycles. The zero-order chi connectivity index (χ0) is 21.5. The molecule has 3 aromatic rings. The fraction of sp³-hybridized carbons (Fsp3) is 0.261. The molecule has 2 aromatic carbocycles. The molecule has 7 nitrogen and oxygen atoms in total. The predicted molar refractivity (Wildman–Crippen MR) is 113 cm³/mol. The van der Waals surface area contributed by atoms with Crippen molar-refractivity contribution in [1.29, 1.82) is 0 Å². The first-order chi connectivity index (χ1) is 14.5. The first-order valence-corrected chi connectivity index (χ1v) is 9.71. The predicted octanol–water partition coefficient (Wildman–Crippen LogP) is 3.42. The second-order valence-corrected chi connectivity index (χ2v) is 7.21. The summed E-state index contributed by atoms with van der Waals surface area (Å²) >= 11 is 0. The van der Waals surface area contributed by atoms with Gasteiger partial charge in [0.2, 0.25) is 5.91 Å².